The normalized spacial score (nSPS) is 26.8. The van der Waals surface area contributed by atoms with Crippen LogP contribution in [-0.4, -0.2) is 29.3 Å². The molecule has 0 radical (unpaired) electrons. The molecule has 104 valence electrons. The molecule has 2 fully saturated rings. The molecule has 0 aromatic heterocycles. The first kappa shape index (κ1) is 14.2. The number of alkyl halides is 1. The third kappa shape index (κ3) is 2.68. The van der Waals surface area contributed by atoms with Crippen molar-refractivity contribution < 1.29 is 4.79 Å². The van der Waals surface area contributed by atoms with Crippen LogP contribution in [0.5, 0.6) is 0 Å². The summed E-state index contributed by atoms with van der Waals surface area (Å²) in [5, 5.41) is 0. The molecule has 2 nitrogen and oxygen atoms in total. The van der Waals surface area contributed by atoms with Crippen LogP contribution in [0.2, 0.25) is 0 Å². The first-order valence-electron chi connectivity index (χ1n) is 7.60. The molecule has 1 heterocycles. The second-order valence-electron chi connectivity index (χ2n) is 5.97. The molecule has 1 aliphatic heterocycles. The summed E-state index contributed by atoms with van der Waals surface area (Å²) >= 11 is 5.79. The Hall–Kier alpha value is -0.240. The summed E-state index contributed by atoms with van der Waals surface area (Å²) in [6.45, 7) is 3.17. The van der Waals surface area contributed by atoms with Crippen LogP contribution in [0.1, 0.15) is 64.7 Å². The fraction of sp³-hybridized carbons (Fsp3) is 0.933. The molecule has 0 N–H and O–H groups in total. The number of amides is 1. The molecule has 1 unspecified atom stereocenters. The predicted molar refractivity (Wildman–Crippen MR) is 75.9 cm³/mol. The van der Waals surface area contributed by atoms with Gasteiger partial charge in [-0.15, -0.1) is 11.6 Å². The standard InChI is InChI=1S/C15H26ClNO/c1-2-15(9-3-4-10-15)14(18)17-12-6-8-13(17)7-5-11-16/h13H,2-12H2,1H3. The lowest BCUT2D eigenvalue weighted by atomic mass is 9.81. The highest BCUT2D eigenvalue weighted by atomic mass is 35.5. The number of halogens is 1. The lowest BCUT2D eigenvalue weighted by Crippen LogP contribution is -2.44. The summed E-state index contributed by atoms with van der Waals surface area (Å²) in [6.07, 6.45) is 10.2. The summed E-state index contributed by atoms with van der Waals surface area (Å²) in [7, 11) is 0. The zero-order valence-electron chi connectivity index (χ0n) is 11.6. The smallest absolute Gasteiger partial charge is 0.229 e. The molecule has 2 rings (SSSR count). The minimum absolute atomic E-state index is 0.0104. The van der Waals surface area contributed by atoms with Crippen molar-refractivity contribution >= 4 is 17.5 Å². The van der Waals surface area contributed by atoms with Gasteiger partial charge in [0.2, 0.25) is 5.91 Å². The summed E-state index contributed by atoms with van der Waals surface area (Å²) in [5.74, 6) is 1.18. The van der Waals surface area contributed by atoms with E-state index in [4.69, 9.17) is 11.6 Å². The summed E-state index contributed by atoms with van der Waals surface area (Å²) in [5.41, 5.74) is -0.0104. The van der Waals surface area contributed by atoms with Gasteiger partial charge in [0.1, 0.15) is 0 Å². The highest BCUT2D eigenvalue weighted by Crippen LogP contribution is 2.43. The van der Waals surface area contributed by atoms with Gasteiger partial charge in [0.05, 0.1) is 0 Å². The monoisotopic (exact) mass is 271 g/mol. The van der Waals surface area contributed by atoms with E-state index in [2.05, 4.69) is 11.8 Å². The number of carbonyl (C=O) groups excluding carboxylic acids is 1. The third-order valence-corrected chi connectivity index (χ3v) is 5.27. The summed E-state index contributed by atoms with van der Waals surface area (Å²) < 4.78 is 0. The van der Waals surface area contributed by atoms with Gasteiger partial charge in [-0.1, -0.05) is 19.8 Å². The van der Waals surface area contributed by atoms with Crippen molar-refractivity contribution in [2.75, 3.05) is 12.4 Å². The van der Waals surface area contributed by atoms with Crippen LogP contribution in [-0.2, 0) is 4.79 Å². The average Bonchev–Trinajstić information content (AvgIpc) is 3.05. The Kier molecular flexibility index (Phi) is 4.94. The lowest BCUT2D eigenvalue weighted by Gasteiger charge is -2.35. The summed E-state index contributed by atoms with van der Waals surface area (Å²) in [6, 6.07) is 0.472. The fourth-order valence-electron chi connectivity index (χ4n) is 3.79. The van der Waals surface area contributed by atoms with Gasteiger partial charge < -0.3 is 4.90 Å². The molecule has 1 saturated carbocycles. The van der Waals surface area contributed by atoms with Crippen LogP contribution >= 0.6 is 11.6 Å². The maximum atomic E-state index is 12.9. The maximum Gasteiger partial charge on any atom is 0.229 e. The Labute approximate surface area is 116 Å². The molecular formula is C15H26ClNO. The van der Waals surface area contributed by atoms with Crippen molar-refractivity contribution in [2.45, 2.75) is 70.8 Å². The van der Waals surface area contributed by atoms with Crippen molar-refractivity contribution in [3.8, 4) is 0 Å². The minimum Gasteiger partial charge on any atom is -0.339 e. The van der Waals surface area contributed by atoms with E-state index < -0.39 is 0 Å². The van der Waals surface area contributed by atoms with E-state index in [1.165, 1.54) is 25.7 Å². The molecular weight excluding hydrogens is 246 g/mol. The van der Waals surface area contributed by atoms with Crippen molar-refractivity contribution in [1.82, 2.24) is 4.90 Å². The number of hydrogen-bond donors (Lipinski definition) is 0. The largest absolute Gasteiger partial charge is 0.339 e. The molecule has 0 spiro atoms. The number of carbonyl (C=O) groups is 1. The second-order valence-corrected chi connectivity index (χ2v) is 6.34. The molecule has 1 saturated heterocycles. The zero-order valence-corrected chi connectivity index (χ0v) is 12.3. The Morgan fingerprint density at radius 3 is 2.67 bits per heavy atom. The molecule has 0 aromatic carbocycles. The number of nitrogens with zero attached hydrogens (tertiary/aromatic N) is 1. The predicted octanol–water partition coefficient (Wildman–Crippen LogP) is 3.97. The SMILES string of the molecule is CCC1(C(=O)N2CCCC2CCCCl)CCCC1. The van der Waals surface area contributed by atoms with Crippen LogP contribution in [0, 0.1) is 5.41 Å². The first-order valence-corrected chi connectivity index (χ1v) is 8.14. The third-order valence-electron chi connectivity index (χ3n) is 5.00. The molecule has 1 amide bonds. The van der Waals surface area contributed by atoms with Crippen LogP contribution in [0.4, 0.5) is 0 Å². The van der Waals surface area contributed by atoms with Crippen molar-refractivity contribution in [1.29, 1.82) is 0 Å². The molecule has 0 bridgehead atoms. The Morgan fingerprint density at radius 1 is 1.33 bits per heavy atom. The van der Waals surface area contributed by atoms with Crippen LogP contribution in [0.3, 0.4) is 0 Å². The molecule has 2 aliphatic rings. The highest BCUT2D eigenvalue weighted by Gasteiger charge is 2.44. The van der Waals surface area contributed by atoms with E-state index >= 15 is 0 Å². The van der Waals surface area contributed by atoms with Crippen molar-refractivity contribution in [2.24, 2.45) is 5.41 Å². The highest BCUT2D eigenvalue weighted by molar-refractivity contribution is 6.17. The summed E-state index contributed by atoms with van der Waals surface area (Å²) in [4.78, 5) is 15.1. The van der Waals surface area contributed by atoms with Gasteiger partial charge >= 0.3 is 0 Å². The molecule has 0 aromatic rings. The molecule has 1 atom stereocenters. The number of hydrogen-bond acceptors (Lipinski definition) is 1. The molecule has 18 heavy (non-hydrogen) atoms. The van der Waals surface area contributed by atoms with E-state index in [1.54, 1.807) is 0 Å². The topological polar surface area (TPSA) is 20.3 Å². The van der Waals surface area contributed by atoms with Crippen LogP contribution in [0.25, 0.3) is 0 Å². The maximum absolute atomic E-state index is 12.9. The molecule has 3 heteroatoms. The van der Waals surface area contributed by atoms with Gasteiger partial charge in [-0.25, -0.2) is 0 Å². The van der Waals surface area contributed by atoms with Crippen molar-refractivity contribution in [3.05, 3.63) is 0 Å². The van der Waals surface area contributed by atoms with Gasteiger partial charge in [0.25, 0.3) is 0 Å². The number of rotatable bonds is 5. The van der Waals surface area contributed by atoms with Gasteiger partial charge in [-0.3, -0.25) is 4.79 Å². The Morgan fingerprint density at radius 2 is 2.06 bits per heavy atom. The van der Waals surface area contributed by atoms with E-state index in [0.717, 1.165) is 44.5 Å². The second kappa shape index (κ2) is 6.27. The van der Waals surface area contributed by atoms with Gasteiger partial charge in [-0.2, -0.15) is 0 Å². The Balaban J connectivity index is 2.02. The van der Waals surface area contributed by atoms with E-state index in [1.807, 2.05) is 0 Å². The number of likely N-dealkylation sites (tertiary alicyclic amines) is 1. The molecule has 1 aliphatic carbocycles. The minimum atomic E-state index is -0.0104. The quantitative estimate of drug-likeness (QED) is 0.693. The average molecular weight is 272 g/mol. The van der Waals surface area contributed by atoms with Gasteiger partial charge in [-0.05, 0) is 44.9 Å². The van der Waals surface area contributed by atoms with E-state index in [9.17, 15) is 4.79 Å². The Bertz CT molecular complexity index is 286. The first-order chi connectivity index (χ1) is 8.73. The fourth-order valence-corrected chi connectivity index (χ4v) is 3.95. The van der Waals surface area contributed by atoms with Crippen molar-refractivity contribution in [3.63, 3.8) is 0 Å². The van der Waals surface area contributed by atoms with E-state index in [0.29, 0.717) is 11.9 Å². The van der Waals surface area contributed by atoms with Crippen LogP contribution in [0.15, 0.2) is 0 Å². The van der Waals surface area contributed by atoms with Gasteiger partial charge in [0.15, 0.2) is 0 Å². The van der Waals surface area contributed by atoms with Gasteiger partial charge in [0, 0.05) is 23.9 Å². The van der Waals surface area contributed by atoms with Crippen LogP contribution < -0.4 is 0 Å². The zero-order chi connectivity index (χ0) is 13.0. The lowest BCUT2D eigenvalue weighted by molar-refractivity contribution is -0.143. The van der Waals surface area contributed by atoms with E-state index in [-0.39, 0.29) is 5.41 Å².